The molecule has 0 saturated carbocycles. The summed E-state index contributed by atoms with van der Waals surface area (Å²) in [7, 11) is -0.322. The number of anilines is 3. The van der Waals surface area contributed by atoms with Crippen LogP contribution in [-0.4, -0.2) is 17.0 Å². The Labute approximate surface area is 288 Å². The standard InChI is InChI=1S/C43H38BNO2S/c1-7-11-29(8-2)30-16-22-34(23-17-30)45(36-26-27-38-37-12-9-10-13-39(37)41(3,4)40(38)28-36)35-24-18-32(19-25-35)31-14-20-33(21-15-31)44-46-42(5)43(6,47-44)48-42/h7-28H,1-2H2,3-6H3/b29-11+. The summed E-state index contributed by atoms with van der Waals surface area (Å²) in [5, 5.41) is 0. The summed E-state index contributed by atoms with van der Waals surface area (Å²) in [6.07, 6.45) is 5.66. The molecule has 3 nitrogen and oxygen atoms in total. The van der Waals surface area contributed by atoms with Crippen LogP contribution in [0.25, 0.3) is 27.8 Å². The van der Waals surface area contributed by atoms with Gasteiger partial charge in [0, 0.05) is 22.5 Å². The molecule has 1 aliphatic carbocycles. The van der Waals surface area contributed by atoms with Gasteiger partial charge in [0.15, 0.2) is 0 Å². The molecule has 2 aliphatic heterocycles. The molecule has 5 aromatic carbocycles. The molecule has 0 spiro atoms. The number of hydrogen-bond donors (Lipinski definition) is 0. The molecule has 0 bridgehead atoms. The molecular formula is C43H38BNO2S. The predicted molar refractivity (Wildman–Crippen MR) is 204 cm³/mol. The van der Waals surface area contributed by atoms with Gasteiger partial charge in [-0.2, -0.15) is 0 Å². The van der Waals surface area contributed by atoms with Crippen LogP contribution in [0.4, 0.5) is 17.1 Å². The van der Waals surface area contributed by atoms with Crippen LogP contribution in [0.3, 0.4) is 0 Å². The van der Waals surface area contributed by atoms with Crippen molar-refractivity contribution >= 4 is 47.0 Å². The zero-order valence-electron chi connectivity index (χ0n) is 27.9. The molecule has 2 atom stereocenters. The molecule has 2 unspecified atom stereocenters. The Morgan fingerprint density at radius 3 is 1.85 bits per heavy atom. The van der Waals surface area contributed by atoms with Gasteiger partial charge in [-0.15, -0.1) is 0 Å². The second-order valence-electron chi connectivity index (χ2n) is 13.6. The minimum atomic E-state index is -0.322. The Balaban J connectivity index is 1.14. The summed E-state index contributed by atoms with van der Waals surface area (Å²) in [6, 6.07) is 41.8. The van der Waals surface area contributed by atoms with E-state index in [4.69, 9.17) is 9.31 Å². The van der Waals surface area contributed by atoms with Gasteiger partial charge in [0.1, 0.15) is 9.87 Å². The van der Waals surface area contributed by atoms with Crippen molar-refractivity contribution in [3.05, 3.63) is 163 Å². The largest absolute Gasteiger partial charge is 0.496 e. The molecule has 2 heterocycles. The molecule has 2 saturated heterocycles. The van der Waals surface area contributed by atoms with Crippen LogP contribution in [0.1, 0.15) is 44.4 Å². The van der Waals surface area contributed by atoms with Crippen molar-refractivity contribution in [3.8, 4) is 22.3 Å². The molecular weight excluding hydrogens is 605 g/mol. The molecule has 0 radical (unpaired) electrons. The third kappa shape index (κ3) is 4.92. The number of thioether (sulfide) groups is 1. The second-order valence-corrected chi connectivity index (χ2v) is 15.3. The van der Waals surface area contributed by atoms with Crippen LogP contribution in [0.2, 0.25) is 0 Å². The molecule has 0 amide bonds. The van der Waals surface area contributed by atoms with Gasteiger partial charge in [-0.3, -0.25) is 0 Å². The monoisotopic (exact) mass is 643 g/mol. The fourth-order valence-electron chi connectivity index (χ4n) is 7.30. The van der Waals surface area contributed by atoms with E-state index < -0.39 is 0 Å². The summed E-state index contributed by atoms with van der Waals surface area (Å²) < 4.78 is 12.4. The molecule has 3 aliphatic rings. The lowest BCUT2D eigenvalue weighted by Gasteiger charge is -2.28. The second kappa shape index (κ2) is 11.3. The summed E-state index contributed by atoms with van der Waals surface area (Å²) in [5.74, 6) is 0. The van der Waals surface area contributed by atoms with E-state index in [0.717, 1.165) is 44.8 Å². The Morgan fingerprint density at radius 2 is 1.23 bits per heavy atom. The van der Waals surface area contributed by atoms with Crippen LogP contribution in [0.5, 0.6) is 0 Å². The maximum atomic E-state index is 6.20. The van der Waals surface area contributed by atoms with Crippen molar-refractivity contribution in [1.82, 2.24) is 0 Å². The van der Waals surface area contributed by atoms with Gasteiger partial charge >= 0.3 is 7.12 Å². The first kappa shape index (κ1) is 30.8. The zero-order chi connectivity index (χ0) is 33.3. The smallest absolute Gasteiger partial charge is 0.389 e. The predicted octanol–water partition coefficient (Wildman–Crippen LogP) is 10.8. The highest BCUT2D eigenvalue weighted by Crippen LogP contribution is 2.68. The van der Waals surface area contributed by atoms with Gasteiger partial charge in [-0.25, -0.2) is 0 Å². The van der Waals surface area contributed by atoms with E-state index in [-0.39, 0.29) is 22.4 Å². The first-order valence-corrected chi connectivity index (χ1v) is 17.3. The summed E-state index contributed by atoms with van der Waals surface area (Å²) >= 11 is 1.73. The summed E-state index contributed by atoms with van der Waals surface area (Å²) in [5.41, 5.74) is 14.1. The van der Waals surface area contributed by atoms with E-state index in [1.54, 1.807) is 17.8 Å². The highest BCUT2D eigenvalue weighted by molar-refractivity contribution is 8.09. The van der Waals surface area contributed by atoms with Gasteiger partial charge in [0.2, 0.25) is 0 Å². The van der Waals surface area contributed by atoms with Gasteiger partial charge in [0.25, 0.3) is 0 Å². The van der Waals surface area contributed by atoms with Gasteiger partial charge in [0.05, 0.1) is 0 Å². The van der Waals surface area contributed by atoms with Gasteiger partial charge < -0.3 is 14.2 Å². The van der Waals surface area contributed by atoms with Crippen LogP contribution >= 0.6 is 11.8 Å². The van der Waals surface area contributed by atoms with E-state index in [2.05, 4.69) is 161 Å². The van der Waals surface area contributed by atoms with Gasteiger partial charge in [-0.1, -0.05) is 136 Å². The lowest BCUT2D eigenvalue weighted by molar-refractivity contribution is 0.187. The van der Waals surface area contributed by atoms with Crippen molar-refractivity contribution in [1.29, 1.82) is 0 Å². The zero-order valence-corrected chi connectivity index (χ0v) is 28.7. The molecule has 48 heavy (non-hydrogen) atoms. The fraction of sp³-hybridized carbons (Fsp3) is 0.163. The normalized spacial score (nSPS) is 21.7. The average molecular weight is 644 g/mol. The molecule has 5 aromatic rings. The van der Waals surface area contributed by atoms with Crippen molar-refractivity contribution < 1.29 is 9.31 Å². The van der Waals surface area contributed by atoms with Crippen molar-refractivity contribution in [2.75, 3.05) is 4.90 Å². The number of fused-ring (bicyclic) bond motifs is 4. The number of allylic oxidation sites excluding steroid dienone is 4. The third-order valence-corrected chi connectivity index (χ3v) is 11.8. The van der Waals surface area contributed by atoms with E-state index >= 15 is 0 Å². The van der Waals surface area contributed by atoms with Crippen LogP contribution in [-0.2, 0) is 14.7 Å². The first-order valence-electron chi connectivity index (χ1n) is 16.5. The summed E-state index contributed by atoms with van der Waals surface area (Å²) in [4.78, 5) is 1.86. The minimum Gasteiger partial charge on any atom is -0.389 e. The van der Waals surface area contributed by atoms with E-state index in [9.17, 15) is 0 Å². The van der Waals surface area contributed by atoms with Crippen LogP contribution < -0.4 is 10.4 Å². The molecule has 5 heteroatoms. The maximum Gasteiger partial charge on any atom is 0.496 e. The number of rotatable bonds is 8. The first-order chi connectivity index (χ1) is 23.1. The average Bonchev–Trinajstić information content (AvgIpc) is 3.41. The highest BCUT2D eigenvalue weighted by Gasteiger charge is 2.73. The Bertz CT molecular complexity index is 2090. The SMILES string of the molecule is C=C/C=C(\C=C)c1ccc(N(c2ccc(-c3ccc(B4OC5(C)SC5(C)O4)cc3)cc2)c2ccc3c(c2)C(C)(C)c2ccccc2-3)cc1. The molecule has 236 valence electrons. The van der Waals surface area contributed by atoms with Gasteiger partial charge in [-0.05, 0) is 100 Å². The highest BCUT2D eigenvalue weighted by atomic mass is 32.2. The van der Waals surface area contributed by atoms with E-state index in [1.807, 2.05) is 12.2 Å². The van der Waals surface area contributed by atoms with Crippen LogP contribution in [0.15, 0.2) is 147 Å². The van der Waals surface area contributed by atoms with Crippen molar-refractivity contribution in [2.24, 2.45) is 0 Å². The molecule has 0 aromatic heterocycles. The van der Waals surface area contributed by atoms with Crippen LogP contribution in [0, 0.1) is 0 Å². The summed E-state index contributed by atoms with van der Waals surface area (Å²) in [6.45, 7) is 16.7. The lowest BCUT2D eigenvalue weighted by atomic mass is 9.79. The number of benzene rings is 5. The van der Waals surface area contributed by atoms with Crippen molar-refractivity contribution in [3.63, 3.8) is 0 Å². The van der Waals surface area contributed by atoms with E-state index in [1.165, 1.54) is 22.3 Å². The van der Waals surface area contributed by atoms with E-state index in [0.29, 0.717) is 0 Å². The Hall–Kier alpha value is -4.55. The fourth-order valence-corrected chi connectivity index (χ4v) is 8.36. The molecule has 8 rings (SSSR count). The number of nitrogens with zero attached hydrogens (tertiary/aromatic N) is 1. The maximum absolute atomic E-state index is 6.20. The lowest BCUT2D eigenvalue weighted by Crippen LogP contribution is -2.34. The Kier molecular flexibility index (Phi) is 7.22. The quantitative estimate of drug-likeness (QED) is 0.0953. The number of hydrogen-bond acceptors (Lipinski definition) is 4. The molecule has 0 N–H and O–H groups in total. The third-order valence-electron chi connectivity index (χ3n) is 10.3. The van der Waals surface area contributed by atoms with Crippen molar-refractivity contribution in [2.45, 2.75) is 43.0 Å². The topological polar surface area (TPSA) is 21.7 Å². The minimum absolute atomic E-state index is 0.0922. The molecule has 2 fully saturated rings. The Morgan fingerprint density at radius 1 is 0.667 bits per heavy atom.